The number of ether oxygens (including phenoxy) is 1. The van der Waals surface area contributed by atoms with Crippen LogP contribution in [0, 0.1) is 13.8 Å². The summed E-state index contributed by atoms with van der Waals surface area (Å²) in [5, 5.41) is 8.42. The Morgan fingerprint density at radius 1 is 0.848 bits per heavy atom. The Morgan fingerprint density at radius 2 is 1.42 bits per heavy atom. The second-order valence-electron chi connectivity index (χ2n) is 8.73. The highest BCUT2D eigenvalue weighted by atomic mass is 16.5. The standard InChI is InChI=1S/C25H27N5O3/c1-17-3-7-19(8-4-17)22-15-30-21(16-33-22)23(26-27-30)25(32)29-13-11-28(12-14-29)24(31)20-9-5-18(2)6-10-20/h3-10,22H,11-16H2,1-2H3. The van der Waals surface area contributed by atoms with Crippen molar-refractivity contribution in [2.75, 3.05) is 26.2 Å². The van der Waals surface area contributed by atoms with Gasteiger partial charge in [0.1, 0.15) is 6.10 Å². The summed E-state index contributed by atoms with van der Waals surface area (Å²) in [6.07, 6.45) is -0.112. The molecule has 1 aromatic heterocycles. The molecular formula is C25H27N5O3. The van der Waals surface area contributed by atoms with Crippen LogP contribution in [0.2, 0.25) is 0 Å². The van der Waals surface area contributed by atoms with Crippen molar-refractivity contribution in [2.24, 2.45) is 0 Å². The van der Waals surface area contributed by atoms with Crippen molar-refractivity contribution < 1.29 is 14.3 Å². The van der Waals surface area contributed by atoms with Gasteiger partial charge in [-0.1, -0.05) is 52.7 Å². The van der Waals surface area contributed by atoms with Crippen molar-refractivity contribution in [1.29, 1.82) is 0 Å². The minimum atomic E-state index is -0.156. The molecule has 0 bridgehead atoms. The lowest BCUT2D eigenvalue weighted by molar-refractivity contribution is -0.00203. The van der Waals surface area contributed by atoms with Crippen LogP contribution in [0.5, 0.6) is 0 Å². The average molecular weight is 446 g/mol. The van der Waals surface area contributed by atoms with Crippen LogP contribution in [-0.4, -0.2) is 62.8 Å². The van der Waals surface area contributed by atoms with Crippen LogP contribution in [-0.2, 0) is 17.9 Å². The molecule has 0 saturated carbocycles. The zero-order valence-corrected chi connectivity index (χ0v) is 18.9. The number of aromatic nitrogens is 3. The van der Waals surface area contributed by atoms with Gasteiger partial charge in [0.25, 0.3) is 11.8 Å². The molecule has 170 valence electrons. The van der Waals surface area contributed by atoms with Crippen molar-refractivity contribution in [2.45, 2.75) is 33.1 Å². The molecule has 33 heavy (non-hydrogen) atoms. The molecule has 1 atom stereocenters. The normalized spacial score (nSPS) is 18.2. The van der Waals surface area contributed by atoms with Gasteiger partial charge >= 0.3 is 0 Å². The van der Waals surface area contributed by atoms with E-state index in [4.69, 9.17) is 4.74 Å². The summed E-state index contributed by atoms with van der Waals surface area (Å²) in [6.45, 7) is 6.79. The molecule has 8 heteroatoms. The van der Waals surface area contributed by atoms with Crippen LogP contribution in [0.25, 0.3) is 0 Å². The molecule has 0 N–H and O–H groups in total. The summed E-state index contributed by atoms with van der Waals surface area (Å²) in [5.74, 6) is -0.158. The van der Waals surface area contributed by atoms with Gasteiger partial charge in [0.15, 0.2) is 5.69 Å². The van der Waals surface area contributed by atoms with Gasteiger partial charge in [-0.2, -0.15) is 0 Å². The summed E-state index contributed by atoms with van der Waals surface area (Å²) >= 11 is 0. The molecule has 1 unspecified atom stereocenters. The number of piperazine rings is 1. The Kier molecular flexibility index (Phi) is 5.68. The van der Waals surface area contributed by atoms with E-state index in [-0.39, 0.29) is 17.9 Å². The summed E-state index contributed by atoms with van der Waals surface area (Å²) in [7, 11) is 0. The fourth-order valence-corrected chi connectivity index (χ4v) is 4.30. The van der Waals surface area contributed by atoms with Crippen LogP contribution in [0.15, 0.2) is 48.5 Å². The first-order chi connectivity index (χ1) is 16.0. The van der Waals surface area contributed by atoms with Gasteiger partial charge in [0.05, 0.1) is 18.8 Å². The van der Waals surface area contributed by atoms with Gasteiger partial charge in [0.2, 0.25) is 0 Å². The van der Waals surface area contributed by atoms with E-state index in [0.717, 1.165) is 11.1 Å². The molecule has 0 aliphatic carbocycles. The number of hydrogen-bond acceptors (Lipinski definition) is 5. The second kappa shape index (κ2) is 8.78. The predicted molar refractivity (Wildman–Crippen MR) is 122 cm³/mol. The summed E-state index contributed by atoms with van der Waals surface area (Å²) in [6, 6.07) is 15.8. The zero-order chi connectivity index (χ0) is 22.9. The highest BCUT2D eigenvalue weighted by molar-refractivity contribution is 5.95. The van der Waals surface area contributed by atoms with Crippen molar-refractivity contribution in [3.05, 3.63) is 82.2 Å². The first kappa shape index (κ1) is 21.3. The highest BCUT2D eigenvalue weighted by Crippen LogP contribution is 2.27. The van der Waals surface area contributed by atoms with Crippen molar-refractivity contribution in [3.8, 4) is 0 Å². The minimum absolute atomic E-state index is 0.00122. The highest BCUT2D eigenvalue weighted by Gasteiger charge is 2.32. The first-order valence-corrected chi connectivity index (χ1v) is 11.3. The monoisotopic (exact) mass is 445 g/mol. The maximum absolute atomic E-state index is 13.2. The first-order valence-electron chi connectivity index (χ1n) is 11.3. The van der Waals surface area contributed by atoms with Crippen LogP contribution in [0.1, 0.15) is 49.3 Å². The zero-order valence-electron chi connectivity index (χ0n) is 18.9. The van der Waals surface area contributed by atoms with E-state index in [2.05, 4.69) is 41.5 Å². The third kappa shape index (κ3) is 4.26. The molecule has 1 fully saturated rings. The molecule has 2 amide bonds. The number of aryl methyl sites for hydroxylation is 2. The van der Waals surface area contributed by atoms with Crippen LogP contribution in [0.3, 0.4) is 0 Å². The van der Waals surface area contributed by atoms with Gasteiger partial charge < -0.3 is 14.5 Å². The maximum atomic E-state index is 13.2. The van der Waals surface area contributed by atoms with E-state index in [1.54, 1.807) is 14.5 Å². The van der Waals surface area contributed by atoms with Crippen molar-refractivity contribution in [1.82, 2.24) is 24.8 Å². The summed E-state index contributed by atoms with van der Waals surface area (Å²) in [5.41, 5.74) is 5.13. The molecule has 2 aliphatic rings. The van der Waals surface area contributed by atoms with E-state index in [9.17, 15) is 9.59 Å². The molecule has 3 heterocycles. The minimum Gasteiger partial charge on any atom is -0.365 e. The third-order valence-corrected chi connectivity index (χ3v) is 6.40. The number of fused-ring (bicyclic) bond motifs is 1. The van der Waals surface area contributed by atoms with Gasteiger partial charge in [-0.25, -0.2) is 4.68 Å². The summed E-state index contributed by atoms with van der Waals surface area (Å²) < 4.78 is 7.82. The number of benzene rings is 2. The van der Waals surface area contributed by atoms with Crippen LogP contribution >= 0.6 is 0 Å². The van der Waals surface area contributed by atoms with E-state index in [1.807, 2.05) is 31.2 Å². The SMILES string of the molecule is Cc1ccc(C(=O)N2CCN(C(=O)c3nnn4c3COC(c3ccc(C)cc3)C4)CC2)cc1. The molecule has 2 aliphatic heterocycles. The Morgan fingerprint density at radius 3 is 2.06 bits per heavy atom. The lowest BCUT2D eigenvalue weighted by atomic mass is 10.1. The third-order valence-electron chi connectivity index (χ3n) is 6.40. The van der Waals surface area contributed by atoms with E-state index < -0.39 is 0 Å². The van der Waals surface area contributed by atoms with E-state index >= 15 is 0 Å². The largest absolute Gasteiger partial charge is 0.365 e. The molecule has 3 aromatic rings. The number of carbonyl (C=O) groups is 2. The Labute approximate surface area is 192 Å². The Hall–Kier alpha value is -3.52. The van der Waals surface area contributed by atoms with Gasteiger partial charge in [-0.3, -0.25) is 9.59 Å². The van der Waals surface area contributed by atoms with Crippen molar-refractivity contribution in [3.63, 3.8) is 0 Å². The molecule has 1 saturated heterocycles. The van der Waals surface area contributed by atoms with Gasteiger partial charge in [0, 0.05) is 31.7 Å². The molecular weight excluding hydrogens is 418 g/mol. The molecule has 2 aromatic carbocycles. The fourth-order valence-electron chi connectivity index (χ4n) is 4.30. The Bertz CT molecular complexity index is 1160. The number of hydrogen-bond donors (Lipinski definition) is 0. The fraction of sp³-hybridized carbons (Fsp3) is 0.360. The van der Waals surface area contributed by atoms with Crippen LogP contribution < -0.4 is 0 Å². The van der Waals surface area contributed by atoms with Gasteiger partial charge in [-0.15, -0.1) is 5.10 Å². The lowest BCUT2D eigenvalue weighted by Crippen LogP contribution is -2.50. The molecule has 0 radical (unpaired) electrons. The van der Waals surface area contributed by atoms with E-state index in [0.29, 0.717) is 56.3 Å². The maximum Gasteiger partial charge on any atom is 0.276 e. The van der Waals surface area contributed by atoms with Gasteiger partial charge in [-0.05, 0) is 31.5 Å². The smallest absolute Gasteiger partial charge is 0.276 e. The number of rotatable bonds is 3. The quantitative estimate of drug-likeness (QED) is 0.619. The number of amides is 2. The molecule has 5 rings (SSSR count). The average Bonchev–Trinajstić information content (AvgIpc) is 3.27. The Balaban J connectivity index is 1.22. The predicted octanol–water partition coefficient (Wildman–Crippen LogP) is 2.76. The molecule has 8 nitrogen and oxygen atoms in total. The second-order valence-corrected chi connectivity index (χ2v) is 8.73. The number of nitrogens with zero attached hydrogens (tertiary/aromatic N) is 5. The summed E-state index contributed by atoms with van der Waals surface area (Å²) in [4.78, 5) is 29.5. The van der Waals surface area contributed by atoms with Crippen molar-refractivity contribution >= 4 is 11.8 Å². The van der Waals surface area contributed by atoms with Crippen LogP contribution in [0.4, 0.5) is 0 Å². The topological polar surface area (TPSA) is 80.6 Å². The number of carbonyl (C=O) groups excluding carboxylic acids is 2. The lowest BCUT2D eigenvalue weighted by Gasteiger charge is -2.34. The molecule has 0 spiro atoms. The van der Waals surface area contributed by atoms with E-state index in [1.165, 1.54) is 5.56 Å².